The number of methoxy groups -OCH3 is 1. The number of rotatable bonds is 7. The molecule has 0 bridgehead atoms. The summed E-state index contributed by atoms with van der Waals surface area (Å²) in [5.41, 5.74) is 2.47. The van der Waals surface area contributed by atoms with Crippen molar-refractivity contribution in [1.82, 2.24) is 14.3 Å². The lowest BCUT2D eigenvalue weighted by atomic mass is 10.2. The van der Waals surface area contributed by atoms with E-state index in [1.54, 1.807) is 17.9 Å². The molecule has 0 amide bonds. The summed E-state index contributed by atoms with van der Waals surface area (Å²) >= 11 is 0. The van der Waals surface area contributed by atoms with Crippen LogP contribution in [0.25, 0.3) is 22.8 Å². The minimum Gasteiger partial charge on any atom is -0.491 e. The molecule has 1 aromatic carbocycles. The molecule has 2 heterocycles. The number of hydrogen-bond acceptors (Lipinski definition) is 4. The second-order valence-electron chi connectivity index (χ2n) is 5.87. The first-order valence-corrected chi connectivity index (χ1v) is 8.19. The summed E-state index contributed by atoms with van der Waals surface area (Å²) in [5, 5.41) is 14.4. The average Bonchev–Trinajstić information content (AvgIpc) is 3.12. The molecular weight excluding hydrogens is 334 g/mol. The van der Waals surface area contributed by atoms with Crippen molar-refractivity contribution >= 4 is 22.9 Å². The summed E-state index contributed by atoms with van der Waals surface area (Å²) in [6, 6.07) is 7.87. The molecule has 0 saturated heterocycles. The van der Waals surface area contributed by atoms with E-state index >= 15 is 0 Å². The van der Waals surface area contributed by atoms with Crippen LogP contribution in [0.2, 0.25) is 0 Å². The highest BCUT2D eigenvalue weighted by Crippen LogP contribution is 2.28. The molecular formula is C19H21N3O4. The van der Waals surface area contributed by atoms with E-state index in [9.17, 15) is 4.79 Å². The van der Waals surface area contributed by atoms with Gasteiger partial charge in [-0.25, -0.2) is 4.79 Å². The third kappa shape index (κ3) is 3.48. The number of carboxylic acid groups (broad SMARTS) is 1. The van der Waals surface area contributed by atoms with Gasteiger partial charge < -0.3 is 19.1 Å². The lowest BCUT2D eigenvalue weighted by molar-refractivity contribution is -0.131. The molecule has 3 rings (SSSR count). The largest absolute Gasteiger partial charge is 0.491 e. The third-order valence-electron chi connectivity index (χ3n) is 4.08. The zero-order valence-corrected chi connectivity index (χ0v) is 15.0. The van der Waals surface area contributed by atoms with Crippen LogP contribution in [0, 0.1) is 6.92 Å². The molecule has 0 unspecified atom stereocenters. The fraction of sp³-hybridized carbons (Fsp3) is 0.263. The zero-order chi connectivity index (χ0) is 18.7. The summed E-state index contributed by atoms with van der Waals surface area (Å²) < 4.78 is 14.5. The third-order valence-corrected chi connectivity index (χ3v) is 4.08. The highest BCUT2D eigenvalue weighted by Gasteiger charge is 2.15. The number of carboxylic acids is 1. The Labute approximate surface area is 151 Å². The van der Waals surface area contributed by atoms with Crippen LogP contribution in [0.4, 0.5) is 0 Å². The van der Waals surface area contributed by atoms with Gasteiger partial charge in [-0.1, -0.05) is 0 Å². The van der Waals surface area contributed by atoms with Gasteiger partial charge in [0.25, 0.3) is 0 Å². The van der Waals surface area contributed by atoms with E-state index in [2.05, 4.69) is 5.10 Å². The van der Waals surface area contributed by atoms with Crippen molar-refractivity contribution in [2.24, 2.45) is 7.05 Å². The maximum Gasteiger partial charge on any atom is 0.328 e. The highest BCUT2D eigenvalue weighted by molar-refractivity contribution is 5.87. The average molecular weight is 355 g/mol. The summed E-state index contributed by atoms with van der Waals surface area (Å²) in [7, 11) is 3.47. The van der Waals surface area contributed by atoms with Crippen molar-refractivity contribution in [3.63, 3.8) is 0 Å². The summed E-state index contributed by atoms with van der Waals surface area (Å²) in [4.78, 5) is 10.9. The van der Waals surface area contributed by atoms with Gasteiger partial charge in [-0.05, 0) is 31.2 Å². The topological polar surface area (TPSA) is 78.5 Å². The lowest BCUT2D eigenvalue weighted by Gasteiger charge is -2.10. The van der Waals surface area contributed by atoms with Gasteiger partial charge in [-0.2, -0.15) is 5.10 Å². The van der Waals surface area contributed by atoms with Gasteiger partial charge in [-0.15, -0.1) is 0 Å². The number of aliphatic carboxylic acids is 1. The minimum atomic E-state index is -0.995. The van der Waals surface area contributed by atoms with Gasteiger partial charge in [0.05, 0.1) is 17.8 Å². The normalized spacial score (nSPS) is 11.5. The van der Waals surface area contributed by atoms with Crippen LogP contribution < -0.4 is 4.74 Å². The van der Waals surface area contributed by atoms with Crippen LogP contribution in [0.1, 0.15) is 11.3 Å². The van der Waals surface area contributed by atoms with Crippen LogP contribution in [0.15, 0.2) is 36.5 Å². The van der Waals surface area contributed by atoms with Crippen LogP contribution in [0.5, 0.6) is 5.75 Å². The number of ether oxygens (including phenoxy) is 2. The molecule has 0 spiro atoms. The fourth-order valence-corrected chi connectivity index (χ4v) is 2.92. The number of nitrogens with zero attached hydrogens (tertiary/aromatic N) is 3. The summed E-state index contributed by atoms with van der Waals surface area (Å²) in [6.07, 6.45) is 4.64. The Morgan fingerprint density at radius 3 is 2.85 bits per heavy atom. The van der Waals surface area contributed by atoms with Crippen molar-refractivity contribution in [2.45, 2.75) is 6.92 Å². The van der Waals surface area contributed by atoms with Gasteiger partial charge >= 0.3 is 5.97 Å². The SMILES string of the molecule is COCCOc1ccc2ccn(-c3c(C=CC(=O)O)c(C)nn3C)c2c1. The second kappa shape index (κ2) is 7.45. The van der Waals surface area contributed by atoms with E-state index in [1.807, 2.05) is 49.0 Å². The molecule has 136 valence electrons. The summed E-state index contributed by atoms with van der Waals surface area (Å²) in [6.45, 7) is 2.85. The van der Waals surface area contributed by atoms with Crippen molar-refractivity contribution in [3.8, 4) is 11.6 Å². The number of benzene rings is 1. The van der Waals surface area contributed by atoms with Crippen LogP contribution >= 0.6 is 0 Å². The van der Waals surface area contributed by atoms with E-state index in [0.29, 0.717) is 13.2 Å². The van der Waals surface area contributed by atoms with Crippen molar-refractivity contribution in [2.75, 3.05) is 20.3 Å². The van der Waals surface area contributed by atoms with E-state index in [4.69, 9.17) is 14.6 Å². The van der Waals surface area contributed by atoms with Gasteiger partial charge in [0.15, 0.2) is 0 Å². The smallest absolute Gasteiger partial charge is 0.328 e. The predicted molar refractivity (Wildman–Crippen MR) is 98.8 cm³/mol. The number of fused-ring (bicyclic) bond motifs is 1. The van der Waals surface area contributed by atoms with Gasteiger partial charge in [0, 0.05) is 43.4 Å². The zero-order valence-electron chi connectivity index (χ0n) is 15.0. The minimum absolute atomic E-state index is 0.472. The monoisotopic (exact) mass is 355 g/mol. The Kier molecular flexibility index (Phi) is 5.09. The molecule has 2 aromatic heterocycles. The maximum atomic E-state index is 10.9. The predicted octanol–water partition coefficient (Wildman–Crippen LogP) is 2.80. The Bertz CT molecular complexity index is 969. The van der Waals surface area contributed by atoms with Crippen LogP contribution in [-0.4, -0.2) is 45.7 Å². The fourth-order valence-electron chi connectivity index (χ4n) is 2.92. The van der Waals surface area contributed by atoms with Crippen LogP contribution in [-0.2, 0) is 16.6 Å². The number of carbonyl (C=O) groups is 1. The Hall–Kier alpha value is -3.06. The molecule has 0 aliphatic rings. The first-order valence-electron chi connectivity index (χ1n) is 8.19. The molecule has 0 aliphatic carbocycles. The van der Waals surface area contributed by atoms with Crippen LogP contribution in [0.3, 0.4) is 0 Å². The first kappa shape index (κ1) is 17.8. The van der Waals surface area contributed by atoms with E-state index in [-0.39, 0.29) is 0 Å². The van der Waals surface area contributed by atoms with Crippen molar-refractivity contribution < 1.29 is 19.4 Å². The standard InChI is InChI=1S/C19H21N3O4/c1-13-16(6-7-18(23)24)19(21(2)20-13)22-9-8-14-4-5-15(12-17(14)22)26-11-10-25-3/h4-9,12H,10-11H2,1-3H3,(H,23,24). The number of hydrogen-bond donors (Lipinski definition) is 1. The Morgan fingerprint density at radius 1 is 1.31 bits per heavy atom. The quantitative estimate of drug-likeness (QED) is 0.521. The van der Waals surface area contributed by atoms with Gasteiger partial charge in [0.1, 0.15) is 18.2 Å². The molecule has 0 aliphatic heterocycles. The molecule has 0 radical (unpaired) electrons. The molecule has 26 heavy (non-hydrogen) atoms. The molecule has 7 heteroatoms. The summed E-state index contributed by atoms with van der Waals surface area (Å²) in [5.74, 6) is 0.547. The van der Waals surface area contributed by atoms with E-state index < -0.39 is 5.97 Å². The van der Waals surface area contributed by atoms with E-state index in [1.165, 1.54) is 0 Å². The Balaban J connectivity index is 2.08. The number of aryl methyl sites for hydroxylation is 2. The van der Waals surface area contributed by atoms with E-state index in [0.717, 1.165) is 39.8 Å². The number of aromatic nitrogens is 3. The van der Waals surface area contributed by atoms with Gasteiger partial charge in [-0.3, -0.25) is 4.68 Å². The Morgan fingerprint density at radius 2 is 2.12 bits per heavy atom. The molecule has 0 saturated carbocycles. The van der Waals surface area contributed by atoms with Crippen molar-refractivity contribution in [1.29, 1.82) is 0 Å². The molecule has 3 aromatic rings. The lowest BCUT2D eigenvalue weighted by Crippen LogP contribution is -2.05. The molecule has 7 nitrogen and oxygen atoms in total. The van der Waals surface area contributed by atoms with Gasteiger partial charge in [0.2, 0.25) is 0 Å². The molecule has 0 atom stereocenters. The first-order chi connectivity index (χ1) is 12.5. The maximum absolute atomic E-state index is 10.9. The second-order valence-corrected chi connectivity index (χ2v) is 5.87. The molecule has 1 N–H and O–H groups in total. The molecule has 0 fully saturated rings. The highest BCUT2D eigenvalue weighted by atomic mass is 16.5. The van der Waals surface area contributed by atoms with Crippen molar-refractivity contribution in [3.05, 3.63) is 47.8 Å².